The van der Waals surface area contributed by atoms with Crippen LogP contribution in [0.5, 0.6) is 0 Å². The molecule has 6 heteroatoms. The van der Waals surface area contributed by atoms with Crippen LogP contribution in [0, 0.1) is 13.8 Å². The Morgan fingerprint density at radius 1 is 0.957 bits per heavy atom. The number of aromatic amines is 1. The first kappa shape index (κ1) is 16.2. The van der Waals surface area contributed by atoms with Crippen LogP contribution in [0.2, 0.25) is 0 Å². The second-order valence-corrected chi connectivity index (χ2v) is 7.09. The van der Waals surface area contributed by atoms with Crippen LogP contribution < -0.4 is 0 Å². The SMILES string of the molecule is Cc1cc2c(Br)ccnc2[nH]1.Cc1cc2c(Br)ccnc2n1C. The first-order chi connectivity index (χ1) is 11.0. The van der Waals surface area contributed by atoms with E-state index in [0.717, 1.165) is 31.3 Å². The van der Waals surface area contributed by atoms with E-state index in [9.17, 15) is 0 Å². The van der Waals surface area contributed by atoms with Gasteiger partial charge >= 0.3 is 0 Å². The fraction of sp³-hybridized carbons (Fsp3) is 0.176. The van der Waals surface area contributed by atoms with Crippen LogP contribution in [0.4, 0.5) is 0 Å². The zero-order valence-corrected chi connectivity index (χ0v) is 16.2. The molecule has 4 nitrogen and oxygen atoms in total. The molecular weight excluding hydrogens is 420 g/mol. The van der Waals surface area contributed by atoms with E-state index >= 15 is 0 Å². The minimum Gasteiger partial charge on any atom is -0.344 e. The highest BCUT2D eigenvalue weighted by atomic mass is 79.9. The fourth-order valence-corrected chi connectivity index (χ4v) is 3.27. The van der Waals surface area contributed by atoms with Crippen molar-refractivity contribution in [3.05, 3.63) is 57.0 Å². The van der Waals surface area contributed by atoms with E-state index in [2.05, 4.69) is 70.4 Å². The molecule has 0 aliphatic carbocycles. The van der Waals surface area contributed by atoms with Crippen LogP contribution >= 0.6 is 31.9 Å². The van der Waals surface area contributed by atoms with E-state index in [-0.39, 0.29) is 0 Å². The van der Waals surface area contributed by atoms with E-state index in [1.807, 2.05) is 32.3 Å². The molecule has 1 N–H and O–H groups in total. The summed E-state index contributed by atoms with van der Waals surface area (Å²) in [6.45, 7) is 4.10. The number of pyridine rings is 2. The van der Waals surface area contributed by atoms with Crippen molar-refractivity contribution in [2.24, 2.45) is 7.05 Å². The van der Waals surface area contributed by atoms with E-state index in [1.54, 1.807) is 6.20 Å². The largest absolute Gasteiger partial charge is 0.344 e. The average Bonchev–Trinajstić information content (AvgIpc) is 3.03. The molecule has 0 spiro atoms. The molecule has 0 aromatic carbocycles. The van der Waals surface area contributed by atoms with Gasteiger partial charge in [0.15, 0.2) is 0 Å². The maximum Gasteiger partial charge on any atom is 0.140 e. The maximum atomic E-state index is 4.30. The summed E-state index contributed by atoms with van der Waals surface area (Å²) in [6, 6.07) is 8.11. The predicted molar refractivity (Wildman–Crippen MR) is 102 cm³/mol. The van der Waals surface area contributed by atoms with Crippen LogP contribution in [0.25, 0.3) is 22.1 Å². The highest BCUT2D eigenvalue weighted by molar-refractivity contribution is 9.11. The quantitative estimate of drug-likeness (QED) is 0.408. The van der Waals surface area contributed by atoms with Crippen LogP contribution in [0.1, 0.15) is 11.4 Å². The minimum absolute atomic E-state index is 0.942. The summed E-state index contributed by atoms with van der Waals surface area (Å²) in [5.74, 6) is 0. The van der Waals surface area contributed by atoms with E-state index in [4.69, 9.17) is 0 Å². The molecule has 4 aromatic rings. The molecule has 0 aliphatic heterocycles. The van der Waals surface area contributed by atoms with Crippen LogP contribution in [0.15, 0.2) is 45.6 Å². The molecule has 0 bridgehead atoms. The number of rotatable bonds is 0. The average molecular weight is 436 g/mol. The van der Waals surface area contributed by atoms with Gasteiger partial charge in [-0.25, -0.2) is 9.97 Å². The lowest BCUT2D eigenvalue weighted by Crippen LogP contribution is -1.91. The summed E-state index contributed by atoms with van der Waals surface area (Å²) in [4.78, 5) is 11.6. The number of nitrogens with one attached hydrogen (secondary N) is 1. The number of aryl methyl sites for hydroxylation is 3. The van der Waals surface area contributed by atoms with Gasteiger partial charge in [0.25, 0.3) is 0 Å². The van der Waals surface area contributed by atoms with Gasteiger partial charge in [-0.2, -0.15) is 0 Å². The molecule has 0 atom stereocenters. The van der Waals surface area contributed by atoms with Crippen molar-refractivity contribution in [2.75, 3.05) is 0 Å². The standard InChI is InChI=1S/C9H9BrN2.C8H7BrN2/c1-6-5-7-8(10)3-4-11-9(7)12(6)2;1-5-4-6-7(9)2-3-10-8(6)11-5/h3-5H,1-2H3;2-4H,1H3,(H,10,11). The monoisotopic (exact) mass is 434 g/mol. The fourth-order valence-electron chi connectivity index (χ4n) is 2.44. The summed E-state index contributed by atoms with van der Waals surface area (Å²) < 4.78 is 4.28. The molecule has 4 rings (SSSR count). The first-order valence-electron chi connectivity index (χ1n) is 7.13. The molecule has 0 fully saturated rings. The molecule has 0 saturated heterocycles. The number of fused-ring (bicyclic) bond motifs is 2. The van der Waals surface area contributed by atoms with Crippen molar-refractivity contribution in [3.8, 4) is 0 Å². The van der Waals surface area contributed by atoms with Gasteiger partial charge in [-0.1, -0.05) is 0 Å². The molecule has 0 amide bonds. The molecule has 0 radical (unpaired) electrons. The lowest BCUT2D eigenvalue weighted by molar-refractivity contribution is 0.902. The second kappa shape index (κ2) is 6.45. The van der Waals surface area contributed by atoms with E-state index in [0.29, 0.717) is 0 Å². The zero-order valence-electron chi connectivity index (χ0n) is 13.1. The van der Waals surface area contributed by atoms with Crippen molar-refractivity contribution >= 4 is 53.9 Å². The lowest BCUT2D eigenvalue weighted by atomic mass is 10.3. The Kier molecular flexibility index (Phi) is 4.55. The van der Waals surface area contributed by atoms with Gasteiger partial charge in [0.05, 0.1) is 0 Å². The van der Waals surface area contributed by atoms with Gasteiger partial charge in [-0.3, -0.25) is 0 Å². The Labute approximate surface area is 151 Å². The van der Waals surface area contributed by atoms with Crippen LogP contribution in [0.3, 0.4) is 0 Å². The van der Waals surface area contributed by atoms with Crippen LogP contribution in [-0.2, 0) is 7.05 Å². The van der Waals surface area contributed by atoms with Crippen molar-refractivity contribution in [1.29, 1.82) is 0 Å². The lowest BCUT2D eigenvalue weighted by Gasteiger charge is -1.96. The Morgan fingerprint density at radius 3 is 2.26 bits per heavy atom. The third-order valence-corrected chi connectivity index (χ3v) is 5.11. The topological polar surface area (TPSA) is 46.5 Å². The number of aromatic nitrogens is 4. The predicted octanol–water partition coefficient (Wildman–Crippen LogP) is 5.28. The Bertz CT molecular complexity index is 985. The summed E-state index contributed by atoms with van der Waals surface area (Å²) in [7, 11) is 2.02. The Morgan fingerprint density at radius 2 is 1.61 bits per heavy atom. The van der Waals surface area contributed by atoms with E-state index < -0.39 is 0 Å². The molecular formula is C17H16Br2N4. The van der Waals surface area contributed by atoms with Gasteiger partial charge in [-0.15, -0.1) is 0 Å². The Balaban J connectivity index is 0.000000136. The zero-order chi connectivity index (χ0) is 16.6. The van der Waals surface area contributed by atoms with Gasteiger partial charge in [0.2, 0.25) is 0 Å². The van der Waals surface area contributed by atoms with Crippen molar-refractivity contribution < 1.29 is 0 Å². The molecule has 4 heterocycles. The summed E-state index contributed by atoms with van der Waals surface area (Å²) >= 11 is 6.94. The number of hydrogen-bond acceptors (Lipinski definition) is 2. The normalized spacial score (nSPS) is 10.8. The molecule has 0 unspecified atom stereocenters. The third-order valence-electron chi connectivity index (χ3n) is 3.73. The summed E-state index contributed by atoms with van der Waals surface area (Å²) in [5.41, 5.74) is 4.34. The number of hydrogen-bond donors (Lipinski definition) is 1. The number of halogens is 2. The minimum atomic E-state index is 0.942. The maximum absolute atomic E-state index is 4.30. The smallest absolute Gasteiger partial charge is 0.140 e. The van der Waals surface area contributed by atoms with Gasteiger partial charge in [0, 0.05) is 50.5 Å². The molecule has 0 saturated carbocycles. The van der Waals surface area contributed by atoms with Gasteiger partial charge in [0.1, 0.15) is 11.3 Å². The Hall–Kier alpha value is -1.66. The summed E-state index contributed by atoms with van der Waals surface area (Å²) in [6.07, 6.45) is 3.59. The molecule has 0 aliphatic rings. The summed E-state index contributed by atoms with van der Waals surface area (Å²) in [5, 5.41) is 2.32. The van der Waals surface area contributed by atoms with Gasteiger partial charge < -0.3 is 9.55 Å². The van der Waals surface area contributed by atoms with Crippen molar-refractivity contribution in [1.82, 2.24) is 19.5 Å². The highest BCUT2D eigenvalue weighted by Crippen LogP contribution is 2.24. The van der Waals surface area contributed by atoms with Crippen LogP contribution in [-0.4, -0.2) is 19.5 Å². The highest BCUT2D eigenvalue weighted by Gasteiger charge is 2.05. The third kappa shape index (κ3) is 3.19. The number of H-pyrrole nitrogens is 1. The second-order valence-electron chi connectivity index (χ2n) is 5.38. The van der Waals surface area contributed by atoms with Gasteiger partial charge in [-0.05, 0) is 70.0 Å². The molecule has 23 heavy (non-hydrogen) atoms. The first-order valence-corrected chi connectivity index (χ1v) is 8.72. The van der Waals surface area contributed by atoms with Crippen molar-refractivity contribution in [3.63, 3.8) is 0 Å². The number of nitrogens with zero attached hydrogens (tertiary/aromatic N) is 3. The molecule has 4 aromatic heterocycles. The van der Waals surface area contributed by atoms with E-state index in [1.165, 1.54) is 11.1 Å². The van der Waals surface area contributed by atoms with Crippen molar-refractivity contribution in [2.45, 2.75) is 13.8 Å². The molecule has 118 valence electrons.